The molecule has 4 aromatic rings. The summed E-state index contributed by atoms with van der Waals surface area (Å²) < 4.78 is 39.6. The first-order valence-corrected chi connectivity index (χ1v) is 14.0. The molecule has 3 aromatic carbocycles. The molecule has 0 saturated carbocycles. The van der Waals surface area contributed by atoms with Crippen LogP contribution in [0.2, 0.25) is 0 Å². The van der Waals surface area contributed by atoms with Gasteiger partial charge in [0, 0.05) is 22.9 Å². The van der Waals surface area contributed by atoms with Crippen molar-refractivity contribution in [1.82, 2.24) is 4.72 Å². The second kappa shape index (κ2) is 11.3. The van der Waals surface area contributed by atoms with Gasteiger partial charge < -0.3 is 9.15 Å². The molecule has 0 fully saturated rings. The molecule has 1 heterocycles. The molecular formula is C30H31NO6S. The lowest BCUT2D eigenvalue weighted by molar-refractivity contribution is -0.136. The molecule has 1 N–H and O–H groups in total. The number of hydrogen-bond acceptors (Lipinski definition) is 6. The Bertz CT molecular complexity index is 1620. The van der Waals surface area contributed by atoms with Crippen molar-refractivity contribution in [3.05, 3.63) is 105 Å². The van der Waals surface area contributed by atoms with Crippen molar-refractivity contribution < 1.29 is 22.4 Å². The number of esters is 1. The minimum Gasteiger partial charge on any atom is -0.425 e. The molecule has 0 bridgehead atoms. The molecule has 0 aliphatic carbocycles. The second-order valence-corrected chi connectivity index (χ2v) is 11.1. The summed E-state index contributed by atoms with van der Waals surface area (Å²) in [6.45, 7) is 7.29. The fraction of sp³-hybridized carbons (Fsp3) is 0.267. The number of sulfonamides is 1. The van der Waals surface area contributed by atoms with Gasteiger partial charge in [-0.25, -0.2) is 18.0 Å². The quantitative estimate of drug-likeness (QED) is 0.176. The van der Waals surface area contributed by atoms with Crippen LogP contribution in [0.25, 0.3) is 11.0 Å². The number of carbonyl (C=O) groups excluding carboxylic acids is 1. The van der Waals surface area contributed by atoms with Gasteiger partial charge in [-0.3, -0.25) is 0 Å². The van der Waals surface area contributed by atoms with Crippen molar-refractivity contribution in [3.63, 3.8) is 0 Å². The van der Waals surface area contributed by atoms with Gasteiger partial charge in [0.05, 0.1) is 4.90 Å². The Balaban J connectivity index is 1.61. The summed E-state index contributed by atoms with van der Waals surface area (Å²) in [6, 6.07) is 18.4. The summed E-state index contributed by atoms with van der Waals surface area (Å²) >= 11 is 0. The maximum Gasteiger partial charge on any atom is 0.340 e. The fourth-order valence-corrected chi connectivity index (χ4v) is 5.57. The smallest absolute Gasteiger partial charge is 0.340 e. The first-order valence-electron chi connectivity index (χ1n) is 12.5. The largest absolute Gasteiger partial charge is 0.425 e. The van der Waals surface area contributed by atoms with E-state index >= 15 is 0 Å². The standard InChI is InChI=1S/C30H31NO6S/c1-5-9-26(31-38(34,35)23-14-12-19(2)13-15-23)30(33)36-27-17-16-24-20(3)25(18-22-10-7-6-8-11-22)29(32)37-28(24)21(27)4/h6-8,10-17,26,31H,5,9,18H2,1-4H3/t26-/m1/s1. The molecule has 0 radical (unpaired) electrons. The van der Waals surface area contributed by atoms with Crippen LogP contribution in [-0.2, 0) is 21.2 Å². The highest BCUT2D eigenvalue weighted by Crippen LogP contribution is 2.30. The van der Waals surface area contributed by atoms with Gasteiger partial charge in [0.15, 0.2) is 0 Å². The van der Waals surface area contributed by atoms with E-state index in [2.05, 4.69) is 4.72 Å². The second-order valence-electron chi connectivity index (χ2n) is 9.42. The third kappa shape index (κ3) is 5.87. The van der Waals surface area contributed by atoms with Gasteiger partial charge in [-0.1, -0.05) is 61.4 Å². The van der Waals surface area contributed by atoms with Gasteiger partial charge in [-0.2, -0.15) is 4.72 Å². The summed E-state index contributed by atoms with van der Waals surface area (Å²) in [5.74, 6) is -0.527. The van der Waals surface area contributed by atoms with E-state index in [1.807, 2.05) is 51.1 Å². The predicted molar refractivity (Wildman–Crippen MR) is 147 cm³/mol. The summed E-state index contributed by atoms with van der Waals surface area (Å²) in [5, 5.41) is 0.748. The molecule has 0 aliphatic rings. The third-order valence-corrected chi connectivity index (χ3v) is 8.07. The van der Waals surface area contributed by atoms with Crippen LogP contribution in [0, 0.1) is 20.8 Å². The number of benzene rings is 3. The molecule has 198 valence electrons. The van der Waals surface area contributed by atoms with E-state index in [1.165, 1.54) is 12.1 Å². The summed E-state index contributed by atoms with van der Waals surface area (Å²) in [4.78, 5) is 26.1. The van der Waals surface area contributed by atoms with Crippen LogP contribution < -0.4 is 15.1 Å². The van der Waals surface area contributed by atoms with Crippen LogP contribution in [0.1, 0.15) is 47.6 Å². The number of nitrogens with one attached hydrogen (secondary N) is 1. The van der Waals surface area contributed by atoms with E-state index in [0.29, 0.717) is 29.6 Å². The van der Waals surface area contributed by atoms with Gasteiger partial charge in [-0.15, -0.1) is 0 Å². The summed E-state index contributed by atoms with van der Waals surface area (Å²) in [5.41, 5.74) is 3.67. The Morgan fingerprint density at radius 1 is 0.947 bits per heavy atom. The average molecular weight is 534 g/mol. The molecule has 0 spiro atoms. The zero-order valence-corrected chi connectivity index (χ0v) is 22.7. The van der Waals surface area contributed by atoms with Crippen LogP contribution in [0.15, 0.2) is 80.8 Å². The van der Waals surface area contributed by atoms with E-state index in [4.69, 9.17) is 9.15 Å². The maximum atomic E-state index is 13.1. The van der Waals surface area contributed by atoms with E-state index < -0.39 is 27.7 Å². The Labute approximate surface area is 222 Å². The number of hydrogen-bond donors (Lipinski definition) is 1. The third-order valence-electron chi connectivity index (χ3n) is 6.58. The average Bonchev–Trinajstić information content (AvgIpc) is 2.89. The Morgan fingerprint density at radius 3 is 2.29 bits per heavy atom. The van der Waals surface area contributed by atoms with Crippen molar-refractivity contribution in [1.29, 1.82) is 0 Å². The van der Waals surface area contributed by atoms with E-state index in [-0.39, 0.29) is 17.1 Å². The van der Waals surface area contributed by atoms with Crippen LogP contribution in [0.5, 0.6) is 5.75 Å². The highest BCUT2D eigenvalue weighted by Gasteiger charge is 2.27. The number of ether oxygens (including phenoxy) is 1. The van der Waals surface area contributed by atoms with Crippen molar-refractivity contribution in [2.75, 3.05) is 0 Å². The Kier molecular flexibility index (Phi) is 8.14. The molecule has 0 saturated heterocycles. The van der Waals surface area contributed by atoms with E-state index in [9.17, 15) is 18.0 Å². The first kappa shape index (κ1) is 27.3. The molecule has 7 nitrogen and oxygen atoms in total. The monoisotopic (exact) mass is 533 g/mol. The lowest BCUT2D eigenvalue weighted by Crippen LogP contribution is -2.42. The number of aryl methyl sites for hydroxylation is 3. The molecule has 4 rings (SSSR count). The van der Waals surface area contributed by atoms with Gasteiger partial charge >= 0.3 is 11.6 Å². The van der Waals surface area contributed by atoms with Gasteiger partial charge in [-0.05, 0) is 62.6 Å². The molecule has 0 amide bonds. The molecule has 0 aliphatic heterocycles. The fourth-order valence-electron chi connectivity index (χ4n) is 4.35. The molecule has 8 heteroatoms. The van der Waals surface area contributed by atoms with Crippen LogP contribution in [0.4, 0.5) is 0 Å². The maximum absolute atomic E-state index is 13.1. The van der Waals surface area contributed by atoms with Crippen LogP contribution in [-0.4, -0.2) is 20.4 Å². The summed E-state index contributed by atoms with van der Waals surface area (Å²) in [7, 11) is -3.93. The van der Waals surface area contributed by atoms with E-state index in [0.717, 1.165) is 22.1 Å². The molecule has 1 atom stereocenters. The van der Waals surface area contributed by atoms with Crippen molar-refractivity contribution >= 4 is 27.0 Å². The van der Waals surface area contributed by atoms with Crippen LogP contribution >= 0.6 is 0 Å². The van der Waals surface area contributed by atoms with Crippen molar-refractivity contribution in [3.8, 4) is 5.75 Å². The minimum atomic E-state index is -3.93. The van der Waals surface area contributed by atoms with Gasteiger partial charge in [0.25, 0.3) is 0 Å². The molecule has 38 heavy (non-hydrogen) atoms. The van der Waals surface area contributed by atoms with Crippen LogP contribution in [0.3, 0.4) is 0 Å². The minimum absolute atomic E-state index is 0.0717. The Morgan fingerprint density at radius 2 is 1.63 bits per heavy atom. The molecule has 0 unspecified atom stereocenters. The number of rotatable bonds is 9. The number of fused-ring (bicyclic) bond motifs is 1. The van der Waals surface area contributed by atoms with Crippen molar-refractivity contribution in [2.45, 2.75) is 57.9 Å². The molecule has 1 aromatic heterocycles. The highest BCUT2D eigenvalue weighted by atomic mass is 32.2. The zero-order valence-electron chi connectivity index (χ0n) is 21.9. The SMILES string of the molecule is CCC[C@@H](NS(=O)(=O)c1ccc(C)cc1)C(=O)Oc1ccc2c(C)c(Cc3ccccc3)c(=O)oc2c1C. The molecular weight excluding hydrogens is 502 g/mol. The highest BCUT2D eigenvalue weighted by molar-refractivity contribution is 7.89. The van der Waals surface area contributed by atoms with Gasteiger partial charge in [0.1, 0.15) is 17.4 Å². The first-order chi connectivity index (χ1) is 18.1. The zero-order chi connectivity index (χ0) is 27.4. The van der Waals surface area contributed by atoms with E-state index in [1.54, 1.807) is 31.2 Å². The normalized spacial score (nSPS) is 12.4. The summed E-state index contributed by atoms with van der Waals surface area (Å²) in [6.07, 6.45) is 1.26. The number of carbonyl (C=O) groups is 1. The lowest BCUT2D eigenvalue weighted by Gasteiger charge is -2.18. The van der Waals surface area contributed by atoms with Crippen molar-refractivity contribution in [2.24, 2.45) is 0 Å². The Hall–Kier alpha value is -3.75. The lowest BCUT2D eigenvalue weighted by atomic mass is 9.98. The topological polar surface area (TPSA) is 103 Å². The van der Waals surface area contributed by atoms with Gasteiger partial charge in [0.2, 0.25) is 10.0 Å². The predicted octanol–water partition coefficient (Wildman–Crippen LogP) is 5.36.